The van der Waals surface area contributed by atoms with Crippen molar-refractivity contribution in [2.75, 3.05) is 13.1 Å². The summed E-state index contributed by atoms with van der Waals surface area (Å²) < 4.78 is 0. The standard InChI is InChI=1S/C24H46N.Li/c1-3-5-7-9-11-13-15-17-22-25(24-20-19-21-24)23-18-16-14-12-10-8-6-4-2;/h19-21,24H,3-18,22-23H2,1-2H3;/q-1;+1. The molecule has 2 heteroatoms. The van der Waals surface area contributed by atoms with Crippen LogP contribution in [-0.2, 0) is 0 Å². The summed E-state index contributed by atoms with van der Waals surface area (Å²) in [5, 5.41) is 0. The van der Waals surface area contributed by atoms with Gasteiger partial charge in [-0.25, -0.2) is 18.6 Å². The van der Waals surface area contributed by atoms with Crippen LogP contribution in [0.1, 0.15) is 117 Å². The quantitative estimate of drug-likeness (QED) is 0.184. The van der Waals surface area contributed by atoms with Crippen LogP contribution in [0, 0.1) is 6.42 Å². The van der Waals surface area contributed by atoms with Gasteiger partial charge in [0.15, 0.2) is 0 Å². The maximum atomic E-state index is 2.72. The van der Waals surface area contributed by atoms with Crippen LogP contribution in [0.4, 0.5) is 0 Å². The van der Waals surface area contributed by atoms with Crippen molar-refractivity contribution in [2.45, 2.75) is 123 Å². The molecule has 0 bridgehead atoms. The molecule has 0 heterocycles. The molecule has 1 nitrogen and oxygen atoms in total. The Kier molecular flexibility index (Phi) is 20.0. The summed E-state index contributed by atoms with van der Waals surface area (Å²) in [6.45, 7) is 7.20. The molecule has 1 unspecified atom stereocenters. The van der Waals surface area contributed by atoms with Crippen molar-refractivity contribution in [1.82, 2.24) is 4.90 Å². The third-order valence-corrected chi connectivity index (χ3v) is 5.64. The van der Waals surface area contributed by atoms with Gasteiger partial charge < -0.3 is 4.90 Å². The summed E-state index contributed by atoms with van der Waals surface area (Å²) in [5.74, 6) is 0. The second-order valence-corrected chi connectivity index (χ2v) is 8.05. The fourth-order valence-electron chi connectivity index (χ4n) is 3.76. The van der Waals surface area contributed by atoms with Gasteiger partial charge in [-0.05, 0) is 25.9 Å². The first-order valence-electron chi connectivity index (χ1n) is 11.6. The van der Waals surface area contributed by atoms with Gasteiger partial charge in [-0.1, -0.05) is 110 Å². The van der Waals surface area contributed by atoms with Crippen LogP contribution in [-0.4, -0.2) is 24.0 Å². The number of nitrogens with zero attached hydrogens (tertiary/aromatic N) is 1. The number of rotatable bonds is 19. The van der Waals surface area contributed by atoms with Gasteiger partial charge in [0, 0.05) is 0 Å². The van der Waals surface area contributed by atoms with E-state index in [1.54, 1.807) is 0 Å². The smallest absolute Gasteiger partial charge is 0.326 e. The predicted molar refractivity (Wildman–Crippen MR) is 114 cm³/mol. The van der Waals surface area contributed by atoms with E-state index in [0.29, 0.717) is 6.04 Å². The van der Waals surface area contributed by atoms with Gasteiger partial charge in [0.05, 0.1) is 0 Å². The third kappa shape index (κ3) is 14.3. The van der Waals surface area contributed by atoms with E-state index in [0.717, 1.165) is 0 Å². The molecule has 0 N–H and O–H groups in total. The van der Waals surface area contributed by atoms with Crippen LogP contribution in [0.5, 0.6) is 0 Å². The molecule has 0 aromatic carbocycles. The van der Waals surface area contributed by atoms with E-state index in [9.17, 15) is 0 Å². The minimum absolute atomic E-state index is 0. The normalized spacial score (nSPS) is 15.6. The summed E-state index contributed by atoms with van der Waals surface area (Å²) in [7, 11) is 0. The topological polar surface area (TPSA) is 3.24 Å². The molecule has 26 heavy (non-hydrogen) atoms. The first-order chi connectivity index (χ1) is 12.4. The molecule has 0 aliphatic heterocycles. The van der Waals surface area contributed by atoms with Gasteiger partial charge >= 0.3 is 18.9 Å². The van der Waals surface area contributed by atoms with E-state index in [1.807, 2.05) is 0 Å². The Hall–Kier alpha value is 0.167. The van der Waals surface area contributed by atoms with Crippen molar-refractivity contribution < 1.29 is 18.9 Å². The molecule has 0 fully saturated rings. The van der Waals surface area contributed by atoms with Crippen LogP contribution in [0.3, 0.4) is 0 Å². The van der Waals surface area contributed by atoms with Crippen molar-refractivity contribution in [1.29, 1.82) is 0 Å². The molecule has 1 rings (SSSR count). The molecular weight excluding hydrogens is 309 g/mol. The first-order valence-corrected chi connectivity index (χ1v) is 11.6. The molecule has 0 radical (unpaired) electrons. The van der Waals surface area contributed by atoms with E-state index in [1.165, 1.54) is 116 Å². The van der Waals surface area contributed by atoms with E-state index in [2.05, 4.69) is 37.3 Å². The van der Waals surface area contributed by atoms with Crippen molar-refractivity contribution >= 4 is 0 Å². The molecule has 0 spiro atoms. The first kappa shape index (κ1) is 26.2. The minimum atomic E-state index is 0. The Bertz CT molecular complexity index is 283. The predicted octanol–water partition coefficient (Wildman–Crippen LogP) is 4.72. The Morgan fingerprint density at radius 3 is 1.27 bits per heavy atom. The van der Waals surface area contributed by atoms with Gasteiger partial charge in [-0.2, -0.15) is 0 Å². The summed E-state index contributed by atoms with van der Waals surface area (Å²) in [6.07, 6.45) is 29.8. The second kappa shape index (κ2) is 19.9. The average molecular weight is 356 g/mol. The molecule has 0 aromatic heterocycles. The van der Waals surface area contributed by atoms with Gasteiger partial charge in [0.25, 0.3) is 0 Å². The summed E-state index contributed by atoms with van der Waals surface area (Å²) in [4.78, 5) is 2.72. The fourth-order valence-corrected chi connectivity index (χ4v) is 3.76. The van der Waals surface area contributed by atoms with Gasteiger partial charge in [0.1, 0.15) is 0 Å². The molecule has 0 amide bonds. The average Bonchev–Trinajstić information content (AvgIpc) is 2.57. The van der Waals surface area contributed by atoms with E-state index in [-0.39, 0.29) is 18.9 Å². The van der Waals surface area contributed by atoms with Crippen LogP contribution in [0.2, 0.25) is 0 Å². The largest absolute Gasteiger partial charge is 1.00 e. The zero-order chi connectivity index (χ0) is 18.0. The fraction of sp³-hybridized carbons (Fsp3) is 0.875. The monoisotopic (exact) mass is 355 g/mol. The third-order valence-electron chi connectivity index (χ3n) is 5.64. The molecule has 148 valence electrons. The molecule has 1 aliphatic rings. The number of hydrogen-bond donors (Lipinski definition) is 0. The zero-order valence-corrected chi connectivity index (χ0v) is 18.5. The van der Waals surface area contributed by atoms with Gasteiger partial charge in [0.2, 0.25) is 0 Å². The minimum Gasteiger partial charge on any atom is -0.326 e. The van der Waals surface area contributed by atoms with Crippen LogP contribution < -0.4 is 18.9 Å². The molecule has 1 atom stereocenters. The molecule has 0 aromatic rings. The van der Waals surface area contributed by atoms with Crippen molar-refractivity contribution in [3.63, 3.8) is 0 Å². The summed E-state index contributed by atoms with van der Waals surface area (Å²) in [6, 6.07) is 0.647. The van der Waals surface area contributed by atoms with Crippen LogP contribution in [0.15, 0.2) is 12.2 Å². The van der Waals surface area contributed by atoms with Gasteiger partial charge in [-0.3, -0.25) is 0 Å². The Morgan fingerprint density at radius 1 is 0.615 bits per heavy atom. The van der Waals surface area contributed by atoms with E-state index < -0.39 is 0 Å². The summed E-state index contributed by atoms with van der Waals surface area (Å²) in [5.41, 5.74) is 0. The summed E-state index contributed by atoms with van der Waals surface area (Å²) >= 11 is 0. The number of hydrogen-bond acceptors (Lipinski definition) is 1. The molecule has 0 saturated heterocycles. The molecule has 1 aliphatic carbocycles. The van der Waals surface area contributed by atoms with Crippen molar-refractivity contribution in [3.8, 4) is 0 Å². The Morgan fingerprint density at radius 2 is 0.962 bits per heavy atom. The number of unbranched alkanes of at least 4 members (excludes halogenated alkanes) is 14. The second-order valence-electron chi connectivity index (χ2n) is 8.05. The van der Waals surface area contributed by atoms with Crippen LogP contribution in [0.25, 0.3) is 0 Å². The Labute approximate surface area is 177 Å². The SMILES string of the molecule is CCCCCCCCCCN(CCCCCCCCCC)C1C=C[CH-]1.[Li+]. The molecular formula is C24H46LiN. The zero-order valence-electron chi connectivity index (χ0n) is 18.5. The van der Waals surface area contributed by atoms with E-state index in [4.69, 9.17) is 0 Å². The van der Waals surface area contributed by atoms with Crippen LogP contribution >= 0.6 is 0 Å². The van der Waals surface area contributed by atoms with E-state index >= 15 is 0 Å². The maximum Gasteiger partial charge on any atom is 1.00 e. The van der Waals surface area contributed by atoms with Crippen molar-refractivity contribution in [2.24, 2.45) is 0 Å². The van der Waals surface area contributed by atoms with Gasteiger partial charge in [-0.15, -0.1) is 0 Å². The van der Waals surface area contributed by atoms with Crippen molar-refractivity contribution in [3.05, 3.63) is 18.6 Å². The Balaban J connectivity index is 0.00000625. The maximum absolute atomic E-state index is 2.72. The molecule has 0 saturated carbocycles.